The smallest absolute Gasteiger partial charge is 0.234 e. The van der Waals surface area contributed by atoms with Crippen LogP contribution in [0.25, 0.3) is 0 Å². The van der Waals surface area contributed by atoms with E-state index in [4.69, 9.17) is 9.47 Å². The van der Waals surface area contributed by atoms with Crippen molar-refractivity contribution >= 4 is 5.91 Å². The van der Waals surface area contributed by atoms with Gasteiger partial charge in [0.2, 0.25) is 5.91 Å². The molecule has 2 aliphatic heterocycles. The number of methoxy groups -OCH3 is 1. The normalized spacial score (nSPS) is 19.6. The summed E-state index contributed by atoms with van der Waals surface area (Å²) in [5.41, 5.74) is 2.27. The van der Waals surface area contributed by atoms with Gasteiger partial charge in [0.25, 0.3) is 0 Å². The summed E-state index contributed by atoms with van der Waals surface area (Å²) >= 11 is 0. The summed E-state index contributed by atoms with van der Waals surface area (Å²) in [6.45, 7) is 8.89. The molecule has 156 valence electrons. The molecule has 0 spiro atoms. The van der Waals surface area contributed by atoms with Crippen molar-refractivity contribution in [3.05, 3.63) is 35.4 Å². The summed E-state index contributed by atoms with van der Waals surface area (Å²) in [4.78, 5) is 17.1. The fourth-order valence-electron chi connectivity index (χ4n) is 4.00. The summed E-state index contributed by atoms with van der Waals surface area (Å²) in [5, 5.41) is 3.05. The van der Waals surface area contributed by atoms with Crippen LogP contribution in [0.1, 0.15) is 30.4 Å². The zero-order valence-corrected chi connectivity index (χ0v) is 17.2. The Kier molecular flexibility index (Phi) is 8.73. The van der Waals surface area contributed by atoms with Gasteiger partial charge in [0.1, 0.15) is 0 Å². The van der Waals surface area contributed by atoms with E-state index >= 15 is 0 Å². The first kappa shape index (κ1) is 21.2. The molecule has 2 aliphatic rings. The molecule has 28 heavy (non-hydrogen) atoms. The van der Waals surface area contributed by atoms with Gasteiger partial charge in [0, 0.05) is 26.7 Å². The fraction of sp³-hybridized carbons (Fsp3) is 0.682. The Balaban J connectivity index is 1.29. The molecule has 0 unspecified atom stereocenters. The largest absolute Gasteiger partial charge is 0.380 e. The van der Waals surface area contributed by atoms with E-state index in [-0.39, 0.29) is 5.91 Å². The number of ether oxygens (including phenoxy) is 2. The van der Waals surface area contributed by atoms with E-state index in [9.17, 15) is 4.79 Å². The van der Waals surface area contributed by atoms with Crippen LogP contribution in [0.4, 0.5) is 0 Å². The molecule has 1 N–H and O–H groups in total. The van der Waals surface area contributed by atoms with Crippen LogP contribution in [0.5, 0.6) is 0 Å². The van der Waals surface area contributed by atoms with Gasteiger partial charge < -0.3 is 14.8 Å². The lowest BCUT2D eigenvalue weighted by Gasteiger charge is -2.33. The Labute approximate surface area is 169 Å². The topological polar surface area (TPSA) is 54.0 Å². The van der Waals surface area contributed by atoms with Crippen LogP contribution in [0.15, 0.2) is 24.3 Å². The second-order valence-corrected chi connectivity index (χ2v) is 7.99. The lowest BCUT2D eigenvalue weighted by Crippen LogP contribution is -2.42. The molecule has 1 aromatic carbocycles. The lowest BCUT2D eigenvalue weighted by atomic mass is 9.93. The van der Waals surface area contributed by atoms with E-state index in [1.54, 1.807) is 7.11 Å². The number of piperidine rings is 1. The first-order valence-electron chi connectivity index (χ1n) is 10.6. The highest BCUT2D eigenvalue weighted by Gasteiger charge is 2.21. The number of carbonyl (C=O) groups is 1. The third-order valence-electron chi connectivity index (χ3n) is 5.86. The zero-order chi connectivity index (χ0) is 19.6. The number of carbonyl (C=O) groups excluding carboxylic acids is 1. The quantitative estimate of drug-likeness (QED) is 0.699. The van der Waals surface area contributed by atoms with Crippen LogP contribution in [0, 0.1) is 5.92 Å². The van der Waals surface area contributed by atoms with E-state index in [1.165, 1.54) is 25.8 Å². The first-order chi connectivity index (χ1) is 13.7. The SMILES string of the molecule is COCc1ccc(CNC(=O)CN2CCC(CCN3CCOCC3)CC2)cc1. The number of rotatable bonds is 9. The molecule has 0 bridgehead atoms. The average Bonchev–Trinajstić information content (AvgIpc) is 2.74. The van der Waals surface area contributed by atoms with Gasteiger partial charge in [0.05, 0.1) is 26.4 Å². The maximum atomic E-state index is 12.3. The Bertz CT molecular complexity index is 579. The minimum atomic E-state index is 0.118. The molecule has 0 saturated carbocycles. The van der Waals surface area contributed by atoms with Crippen LogP contribution in [0.3, 0.4) is 0 Å². The Hall–Kier alpha value is -1.47. The molecule has 1 aromatic rings. The molecule has 2 heterocycles. The molecule has 1 amide bonds. The minimum absolute atomic E-state index is 0.118. The van der Waals surface area contributed by atoms with Crippen molar-refractivity contribution in [3.8, 4) is 0 Å². The molecule has 0 aliphatic carbocycles. The summed E-state index contributed by atoms with van der Waals surface area (Å²) in [5.74, 6) is 0.917. The molecule has 0 aromatic heterocycles. The predicted molar refractivity (Wildman–Crippen MR) is 110 cm³/mol. The molecule has 6 nitrogen and oxygen atoms in total. The number of benzene rings is 1. The maximum absolute atomic E-state index is 12.3. The highest BCUT2D eigenvalue weighted by molar-refractivity contribution is 5.78. The average molecular weight is 390 g/mol. The van der Waals surface area contributed by atoms with Crippen molar-refractivity contribution in [2.24, 2.45) is 5.92 Å². The molecular formula is C22H35N3O3. The monoisotopic (exact) mass is 389 g/mol. The maximum Gasteiger partial charge on any atom is 0.234 e. The second-order valence-electron chi connectivity index (χ2n) is 7.99. The van der Waals surface area contributed by atoms with Crippen molar-refractivity contribution in [1.82, 2.24) is 15.1 Å². The van der Waals surface area contributed by atoms with E-state index in [0.29, 0.717) is 19.7 Å². The standard InChI is InChI=1S/C22H35N3O3/c1-27-18-21-4-2-20(3-5-21)16-23-22(26)17-25-10-7-19(8-11-25)6-9-24-12-14-28-15-13-24/h2-5,19H,6-18H2,1H3,(H,23,26). The highest BCUT2D eigenvalue weighted by Crippen LogP contribution is 2.21. The molecule has 0 radical (unpaired) electrons. The van der Waals surface area contributed by atoms with Crippen molar-refractivity contribution < 1.29 is 14.3 Å². The molecule has 2 saturated heterocycles. The van der Waals surface area contributed by atoms with Gasteiger partial charge in [-0.05, 0) is 55.9 Å². The summed E-state index contributed by atoms with van der Waals surface area (Å²) in [6.07, 6.45) is 3.69. The van der Waals surface area contributed by atoms with Crippen LogP contribution >= 0.6 is 0 Å². The van der Waals surface area contributed by atoms with Crippen molar-refractivity contribution in [1.29, 1.82) is 0 Å². The number of amides is 1. The molecular weight excluding hydrogens is 354 g/mol. The summed E-state index contributed by atoms with van der Waals surface area (Å²) < 4.78 is 10.5. The van der Waals surface area contributed by atoms with Gasteiger partial charge in [-0.1, -0.05) is 24.3 Å². The van der Waals surface area contributed by atoms with Gasteiger partial charge in [-0.3, -0.25) is 14.6 Å². The summed E-state index contributed by atoms with van der Waals surface area (Å²) in [6, 6.07) is 8.20. The Morgan fingerprint density at radius 3 is 2.43 bits per heavy atom. The third kappa shape index (κ3) is 7.17. The van der Waals surface area contributed by atoms with Gasteiger partial charge in [-0.2, -0.15) is 0 Å². The minimum Gasteiger partial charge on any atom is -0.380 e. The van der Waals surface area contributed by atoms with Crippen LogP contribution in [0.2, 0.25) is 0 Å². The predicted octanol–water partition coefficient (Wildman–Crippen LogP) is 1.88. The van der Waals surface area contributed by atoms with Crippen LogP contribution in [-0.4, -0.2) is 75.3 Å². The zero-order valence-electron chi connectivity index (χ0n) is 17.2. The number of nitrogens with zero attached hydrogens (tertiary/aromatic N) is 2. The van der Waals surface area contributed by atoms with Crippen LogP contribution < -0.4 is 5.32 Å². The van der Waals surface area contributed by atoms with E-state index in [1.807, 2.05) is 12.1 Å². The first-order valence-corrected chi connectivity index (χ1v) is 10.6. The second kappa shape index (κ2) is 11.5. The molecule has 3 rings (SSSR count). The molecule has 6 heteroatoms. The van der Waals surface area contributed by atoms with Crippen molar-refractivity contribution in [2.75, 3.05) is 59.6 Å². The molecule has 2 fully saturated rings. The highest BCUT2D eigenvalue weighted by atomic mass is 16.5. The van der Waals surface area contributed by atoms with E-state index in [2.05, 4.69) is 27.2 Å². The van der Waals surface area contributed by atoms with E-state index < -0.39 is 0 Å². The number of nitrogens with one attached hydrogen (secondary N) is 1. The Morgan fingerprint density at radius 2 is 1.75 bits per heavy atom. The van der Waals surface area contributed by atoms with Crippen molar-refractivity contribution in [3.63, 3.8) is 0 Å². The number of hydrogen-bond acceptors (Lipinski definition) is 5. The van der Waals surface area contributed by atoms with Crippen LogP contribution in [-0.2, 0) is 27.4 Å². The number of hydrogen-bond donors (Lipinski definition) is 1. The van der Waals surface area contributed by atoms with Crippen molar-refractivity contribution in [2.45, 2.75) is 32.4 Å². The number of likely N-dealkylation sites (tertiary alicyclic amines) is 1. The third-order valence-corrected chi connectivity index (χ3v) is 5.86. The molecule has 0 atom stereocenters. The van der Waals surface area contributed by atoms with Gasteiger partial charge in [-0.25, -0.2) is 0 Å². The lowest BCUT2D eigenvalue weighted by molar-refractivity contribution is -0.122. The van der Waals surface area contributed by atoms with Gasteiger partial charge in [0.15, 0.2) is 0 Å². The van der Waals surface area contributed by atoms with Gasteiger partial charge in [-0.15, -0.1) is 0 Å². The Morgan fingerprint density at radius 1 is 1.07 bits per heavy atom. The van der Waals surface area contributed by atoms with Gasteiger partial charge >= 0.3 is 0 Å². The fourth-order valence-corrected chi connectivity index (χ4v) is 4.00. The summed E-state index contributed by atoms with van der Waals surface area (Å²) in [7, 11) is 1.70. The van der Waals surface area contributed by atoms with E-state index in [0.717, 1.165) is 56.4 Å². The number of morpholine rings is 1.